The number of ether oxygens (including phenoxy) is 1. The van der Waals surface area contributed by atoms with Gasteiger partial charge in [-0.1, -0.05) is 6.07 Å². The van der Waals surface area contributed by atoms with E-state index in [4.69, 9.17) is 10.00 Å². The van der Waals surface area contributed by atoms with Gasteiger partial charge in [0, 0.05) is 19.2 Å². The molecule has 1 aromatic rings. The van der Waals surface area contributed by atoms with Crippen molar-refractivity contribution in [2.24, 2.45) is 0 Å². The Morgan fingerprint density at radius 3 is 2.90 bits per heavy atom. The zero-order valence-electron chi connectivity index (χ0n) is 11.6. The van der Waals surface area contributed by atoms with E-state index >= 15 is 0 Å². The third kappa shape index (κ3) is 5.46. The van der Waals surface area contributed by atoms with Crippen molar-refractivity contribution in [2.45, 2.75) is 13.0 Å². The topological polar surface area (TPSA) is 117 Å². The minimum atomic E-state index is -0.553. The van der Waals surface area contributed by atoms with E-state index in [-0.39, 0.29) is 31.0 Å². The van der Waals surface area contributed by atoms with Crippen LogP contribution in [-0.2, 0) is 11.3 Å². The van der Waals surface area contributed by atoms with Gasteiger partial charge >= 0.3 is 5.69 Å². The first kappa shape index (κ1) is 16.4. The molecule has 0 bridgehead atoms. The van der Waals surface area contributed by atoms with Crippen LogP contribution in [0.4, 0.5) is 5.69 Å². The quantitative estimate of drug-likeness (QED) is 0.414. The summed E-state index contributed by atoms with van der Waals surface area (Å²) in [5.74, 6) is -0.394. The summed E-state index contributed by atoms with van der Waals surface area (Å²) >= 11 is 0. The molecule has 1 aromatic carbocycles. The number of nitrogens with zero attached hydrogens (tertiary/aromatic N) is 2. The molecule has 2 N–H and O–H groups in total. The average Bonchev–Trinajstić information content (AvgIpc) is 2.46. The number of hydrogen-bond donors (Lipinski definition) is 2. The van der Waals surface area contributed by atoms with Gasteiger partial charge in [-0.25, -0.2) is 0 Å². The lowest BCUT2D eigenvalue weighted by Gasteiger charge is -2.08. The summed E-state index contributed by atoms with van der Waals surface area (Å²) in [5.41, 5.74) is 0.558. The average molecular weight is 292 g/mol. The summed E-state index contributed by atoms with van der Waals surface area (Å²) < 4.78 is 5.17. The molecule has 1 rings (SSSR count). The normalized spacial score (nSPS) is 9.71. The number of carbonyl (C=O) groups is 1. The summed E-state index contributed by atoms with van der Waals surface area (Å²) in [4.78, 5) is 21.9. The Hall–Kier alpha value is -2.66. The van der Waals surface area contributed by atoms with Crippen molar-refractivity contribution < 1.29 is 14.5 Å². The molecule has 112 valence electrons. The molecule has 0 fully saturated rings. The highest BCUT2D eigenvalue weighted by atomic mass is 16.6. The van der Waals surface area contributed by atoms with E-state index in [1.165, 1.54) is 12.1 Å². The molecular weight excluding hydrogens is 276 g/mol. The Morgan fingerprint density at radius 1 is 1.52 bits per heavy atom. The number of amides is 1. The third-order valence-corrected chi connectivity index (χ3v) is 2.52. The molecule has 0 spiro atoms. The van der Waals surface area contributed by atoms with Crippen LogP contribution in [0.5, 0.6) is 5.75 Å². The predicted molar refractivity (Wildman–Crippen MR) is 74.6 cm³/mol. The van der Waals surface area contributed by atoms with Crippen molar-refractivity contribution in [1.29, 1.82) is 5.26 Å². The maximum atomic E-state index is 11.4. The molecule has 0 saturated heterocycles. The molecule has 0 aliphatic heterocycles. The second kappa shape index (κ2) is 8.50. The zero-order chi connectivity index (χ0) is 15.7. The monoisotopic (exact) mass is 292 g/mol. The Balaban J connectivity index is 2.68. The summed E-state index contributed by atoms with van der Waals surface area (Å²) in [7, 11) is 1.74. The molecule has 8 nitrogen and oxygen atoms in total. The second-order valence-corrected chi connectivity index (χ2v) is 4.14. The Labute approximate surface area is 121 Å². The lowest BCUT2D eigenvalue weighted by molar-refractivity contribution is -0.385. The molecule has 0 aliphatic rings. The van der Waals surface area contributed by atoms with Crippen molar-refractivity contribution in [3.63, 3.8) is 0 Å². The SMILES string of the molecule is CNCc1ccc(OCC(=O)NCCC#N)c([N+](=O)[O-])c1. The van der Waals surface area contributed by atoms with Gasteiger partial charge in [0.15, 0.2) is 12.4 Å². The van der Waals surface area contributed by atoms with E-state index in [1.807, 2.05) is 6.07 Å². The number of hydrogen-bond acceptors (Lipinski definition) is 6. The number of carbonyl (C=O) groups excluding carboxylic acids is 1. The number of rotatable bonds is 8. The molecule has 1 amide bonds. The van der Waals surface area contributed by atoms with Crippen molar-refractivity contribution in [2.75, 3.05) is 20.2 Å². The summed E-state index contributed by atoms with van der Waals surface area (Å²) in [6.07, 6.45) is 0.199. The van der Waals surface area contributed by atoms with Crippen LogP contribution >= 0.6 is 0 Å². The van der Waals surface area contributed by atoms with Crippen LogP contribution in [0.25, 0.3) is 0 Å². The van der Waals surface area contributed by atoms with Crippen LogP contribution in [-0.4, -0.2) is 31.0 Å². The highest BCUT2D eigenvalue weighted by Crippen LogP contribution is 2.27. The maximum Gasteiger partial charge on any atom is 0.311 e. The lowest BCUT2D eigenvalue weighted by Crippen LogP contribution is -2.29. The first-order chi connectivity index (χ1) is 10.1. The molecule has 0 radical (unpaired) electrons. The molecule has 8 heteroatoms. The molecule has 0 saturated carbocycles. The van der Waals surface area contributed by atoms with Crippen LogP contribution in [0, 0.1) is 21.4 Å². The van der Waals surface area contributed by atoms with E-state index in [1.54, 1.807) is 13.1 Å². The van der Waals surface area contributed by atoms with Crippen LogP contribution in [0.1, 0.15) is 12.0 Å². The fraction of sp³-hybridized carbons (Fsp3) is 0.385. The smallest absolute Gasteiger partial charge is 0.311 e. The van der Waals surface area contributed by atoms with Crippen molar-refractivity contribution in [3.05, 3.63) is 33.9 Å². The molecule has 0 atom stereocenters. The highest BCUT2D eigenvalue weighted by molar-refractivity contribution is 5.77. The van der Waals surface area contributed by atoms with Crippen molar-refractivity contribution >= 4 is 11.6 Å². The molecule has 0 aromatic heterocycles. The summed E-state index contributed by atoms with van der Waals surface area (Å²) in [6.45, 7) is 0.384. The minimum Gasteiger partial charge on any atom is -0.477 e. The standard InChI is InChI=1S/C13H16N4O4/c1-15-8-10-3-4-12(11(7-10)17(19)20)21-9-13(18)16-6-2-5-14/h3-4,7,15H,2,6,8-9H2,1H3,(H,16,18). The van der Waals surface area contributed by atoms with E-state index < -0.39 is 10.8 Å². The lowest BCUT2D eigenvalue weighted by atomic mass is 10.2. The van der Waals surface area contributed by atoms with E-state index in [0.717, 1.165) is 5.56 Å². The van der Waals surface area contributed by atoms with Crippen molar-refractivity contribution in [1.82, 2.24) is 10.6 Å². The molecular formula is C13H16N4O4. The van der Waals surface area contributed by atoms with Crippen molar-refractivity contribution in [3.8, 4) is 11.8 Å². The summed E-state index contributed by atoms with van der Waals surface area (Å²) in [5, 5.41) is 24.7. The van der Waals surface area contributed by atoms with Gasteiger partial charge in [-0.3, -0.25) is 14.9 Å². The number of nitrogens with one attached hydrogen (secondary N) is 2. The van der Waals surface area contributed by atoms with E-state index in [9.17, 15) is 14.9 Å². The Bertz CT molecular complexity index is 554. The van der Waals surface area contributed by atoms with Gasteiger partial charge < -0.3 is 15.4 Å². The van der Waals surface area contributed by atoms with Gasteiger partial charge in [-0.05, 0) is 18.7 Å². The van der Waals surface area contributed by atoms with E-state index in [0.29, 0.717) is 6.54 Å². The van der Waals surface area contributed by atoms with Crippen LogP contribution < -0.4 is 15.4 Å². The number of benzene rings is 1. The Morgan fingerprint density at radius 2 is 2.29 bits per heavy atom. The third-order valence-electron chi connectivity index (χ3n) is 2.52. The van der Waals surface area contributed by atoms with Gasteiger partial charge in [-0.2, -0.15) is 5.26 Å². The van der Waals surface area contributed by atoms with Crippen LogP contribution in [0.15, 0.2) is 18.2 Å². The molecule has 21 heavy (non-hydrogen) atoms. The zero-order valence-corrected chi connectivity index (χ0v) is 11.6. The highest BCUT2D eigenvalue weighted by Gasteiger charge is 2.16. The number of nitriles is 1. The van der Waals surface area contributed by atoms with Gasteiger partial charge in [0.1, 0.15) is 0 Å². The molecule has 0 aliphatic carbocycles. The number of nitro groups is 1. The number of nitro benzene ring substituents is 1. The maximum absolute atomic E-state index is 11.4. The van der Waals surface area contributed by atoms with Gasteiger partial charge in [-0.15, -0.1) is 0 Å². The van der Waals surface area contributed by atoms with Gasteiger partial charge in [0.25, 0.3) is 5.91 Å². The second-order valence-electron chi connectivity index (χ2n) is 4.14. The fourth-order valence-electron chi connectivity index (χ4n) is 1.59. The first-order valence-corrected chi connectivity index (χ1v) is 6.27. The largest absolute Gasteiger partial charge is 0.477 e. The van der Waals surface area contributed by atoms with Crippen LogP contribution in [0.3, 0.4) is 0 Å². The molecule has 0 heterocycles. The van der Waals surface area contributed by atoms with Gasteiger partial charge in [0.2, 0.25) is 0 Å². The fourth-order valence-corrected chi connectivity index (χ4v) is 1.59. The molecule has 0 unspecified atom stereocenters. The van der Waals surface area contributed by atoms with E-state index in [2.05, 4.69) is 10.6 Å². The predicted octanol–water partition coefficient (Wildman–Crippen LogP) is 0.723. The van der Waals surface area contributed by atoms with Crippen LogP contribution in [0.2, 0.25) is 0 Å². The Kier molecular flexibility index (Phi) is 6.63. The minimum absolute atomic E-state index is 0.0373. The summed E-state index contributed by atoms with van der Waals surface area (Å²) in [6, 6.07) is 6.44. The first-order valence-electron chi connectivity index (χ1n) is 6.27. The van der Waals surface area contributed by atoms with Gasteiger partial charge in [0.05, 0.1) is 17.4 Å².